The van der Waals surface area contributed by atoms with Gasteiger partial charge in [0.05, 0.1) is 0 Å². The molecule has 0 radical (unpaired) electrons. The van der Waals surface area contributed by atoms with Crippen LogP contribution >= 0.6 is 0 Å². The molecule has 0 saturated carbocycles. The van der Waals surface area contributed by atoms with Crippen LogP contribution in [0.25, 0.3) is 0 Å². The van der Waals surface area contributed by atoms with Crippen molar-refractivity contribution in [2.45, 2.75) is 0 Å². The Morgan fingerprint density at radius 2 is 0.382 bits per heavy atom. The molecule has 0 nitrogen and oxygen atoms in total. The van der Waals surface area contributed by atoms with Crippen LogP contribution < -0.4 is 0 Å². The first-order valence-corrected chi connectivity index (χ1v) is 8.29. The minimum Gasteiger partial charge on any atom is -0.358 e. The van der Waals surface area contributed by atoms with E-state index in [0.717, 1.165) is 0 Å². The molecule has 0 aromatic rings. The summed E-state index contributed by atoms with van der Waals surface area (Å²) in [5.41, 5.74) is 0. The second-order valence-electron chi connectivity index (χ2n) is 4.02. The van der Waals surface area contributed by atoms with Gasteiger partial charge >= 0.3 is 0 Å². The lowest BCUT2D eigenvalue weighted by Gasteiger charge is -1.63. The maximum absolute atomic E-state index is 6.54. The zero-order valence-corrected chi connectivity index (χ0v) is 17.1. The highest BCUT2D eigenvalue weighted by Gasteiger charge is 1.60. The van der Waals surface area contributed by atoms with Crippen LogP contribution in [0.5, 0.6) is 0 Å². The van der Waals surface area contributed by atoms with Gasteiger partial charge in [0, 0.05) is 77.0 Å². The lowest BCUT2D eigenvalue weighted by Crippen LogP contribution is -1.57. The van der Waals surface area contributed by atoms with E-state index in [4.69, 9.17) is 12.8 Å². The Balaban J connectivity index is 4.49. The minimum atomic E-state index is 1.87. The van der Waals surface area contributed by atoms with Crippen LogP contribution in [0.1, 0.15) is 0 Å². The predicted molar refractivity (Wildman–Crippen MR) is 133 cm³/mol. The van der Waals surface area contributed by atoms with E-state index in [2.05, 4.69) is 184 Å². The Morgan fingerprint density at radius 1 is 0.235 bits per heavy atom. The topological polar surface area (TPSA) is 0 Å². The fourth-order valence-corrected chi connectivity index (χ4v) is 0.942. The van der Waals surface area contributed by atoms with E-state index in [9.17, 15) is 0 Å². The summed E-state index contributed by atoms with van der Waals surface area (Å²) >= 11 is 0. The summed E-state index contributed by atoms with van der Waals surface area (Å²) in [4.78, 5) is 0. The maximum atomic E-state index is 6.54. The highest BCUT2D eigenvalue weighted by Crippen LogP contribution is 1.60. The quantitative estimate of drug-likeness (QED) is 0.398. The van der Waals surface area contributed by atoms with Gasteiger partial charge in [0.1, 0.15) is 0 Å². The fourth-order valence-electron chi connectivity index (χ4n) is 0.942. The van der Waals surface area contributed by atoms with E-state index >= 15 is 0 Å². The lowest BCUT2D eigenvalue weighted by atomic mass is 10.4. The third-order valence-corrected chi connectivity index (χ3v) is 1.95. The van der Waals surface area contributed by atoms with Crippen molar-refractivity contribution in [3.63, 3.8) is 0 Å². The summed E-state index contributed by atoms with van der Waals surface area (Å²) in [6.45, 7) is 0. The first kappa shape index (κ1) is 26.5. The highest BCUT2D eigenvalue weighted by atomic mass is 13.6. The Hall–Kier alpha value is -7.48. The van der Waals surface area contributed by atoms with E-state index in [1.807, 2.05) is 5.92 Å². The predicted octanol–water partition coefficient (Wildman–Crippen LogP) is 0.260. The van der Waals surface area contributed by atoms with Crippen LogP contribution in [0.4, 0.5) is 0 Å². The number of hydrogen-bond acceptors (Lipinski definition) is 0. The van der Waals surface area contributed by atoms with Crippen LogP contribution in [0, 0.1) is 202 Å². The summed E-state index contributed by atoms with van der Waals surface area (Å²) in [5.74, 6) is 77.5. The molecule has 0 bridgehead atoms. The largest absolute Gasteiger partial charge is 0.358 e. The zero-order valence-electron chi connectivity index (χ0n) is 17.1. The van der Waals surface area contributed by atoms with Crippen molar-refractivity contribution >= 4 is 0 Å². The van der Waals surface area contributed by atoms with E-state index < -0.39 is 0 Å². The molecule has 0 amide bonds. The van der Waals surface area contributed by atoms with Gasteiger partial charge < -0.3 is 6.42 Å². The second kappa shape index (κ2) is 25.5. The van der Waals surface area contributed by atoms with Crippen molar-refractivity contribution in [3.8, 4) is 196 Å². The molecule has 138 valence electrons. The summed E-state index contributed by atoms with van der Waals surface area (Å²) in [5, 5.41) is 0. The van der Waals surface area contributed by atoms with Crippen molar-refractivity contribution in [3.05, 3.63) is 6.42 Å². The third-order valence-electron chi connectivity index (χ3n) is 1.95. The summed E-state index contributed by atoms with van der Waals surface area (Å²) < 4.78 is 0. The van der Waals surface area contributed by atoms with E-state index in [1.165, 1.54) is 0 Å². The van der Waals surface area contributed by atoms with Crippen LogP contribution in [0.15, 0.2) is 0 Å². The fraction of sp³-hybridized carbons (Fsp3) is 0. The third kappa shape index (κ3) is 24.5. The number of rotatable bonds is 0. The first-order chi connectivity index (χ1) is 16.9. The number of terminal acetylenes is 1. The molecule has 0 aliphatic carbocycles. The Bertz CT molecular complexity index is 1740. The van der Waals surface area contributed by atoms with Gasteiger partial charge in [-0.15, -0.1) is 12.3 Å². The summed E-state index contributed by atoms with van der Waals surface area (Å²) in [6.07, 6.45) is 11.5. The molecule has 0 unspecified atom stereocenters. The van der Waals surface area contributed by atoms with Crippen molar-refractivity contribution in [2.75, 3.05) is 0 Å². The van der Waals surface area contributed by atoms with Gasteiger partial charge in [-0.3, -0.25) is 5.92 Å². The van der Waals surface area contributed by atoms with Crippen LogP contribution in [-0.4, -0.2) is 0 Å². The molecule has 0 saturated heterocycles. The van der Waals surface area contributed by atoms with Gasteiger partial charge in [-0.2, -0.15) is 0 Å². The minimum absolute atomic E-state index is 1.87. The van der Waals surface area contributed by atoms with Crippen molar-refractivity contribution in [2.24, 2.45) is 0 Å². The van der Waals surface area contributed by atoms with Gasteiger partial charge in [-0.05, 0) is 94.7 Å². The number of hydrogen-bond donors (Lipinski definition) is 0. The van der Waals surface area contributed by atoms with Gasteiger partial charge in [0.15, 0.2) is 0 Å². The molecular formula is C34H-. The molecule has 0 aromatic carbocycles. The molecule has 0 aliphatic heterocycles. The SMILES string of the molecule is [C-]#CC#CC#CC#CC#CC#CC#CC#CC#CC#CC#CC#CC#CC#CC#CC#CC#C. The van der Waals surface area contributed by atoms with Crippen molar-refractivity contribution in [1.29, 1.82) is 0 Å². The lowest BCUT2D eigenvalue weighted by molar-refractivity contribution is 2.32. The molecule has 0 N–H and O–H groups in total. The van der Waals surface area contributed by atoms with E-state index in [-0.39, 0.29) is 0 Å². The Labute approximate surface area is 202 Å². The molecule has 0 heteroatoms. The van der Waals surface area contributed by atoms with Gasteiger partial charge in [-0.1, -0.05) is 0 Å². The molecule has 0 spiro atoms. The molecule has 34 heavy (non-hydrogen) atoms. The molecule has 0 fully saturated rings. The Morgan fingerprint density at radius 3 is 0.529 bits per heavy atom. The smallest absolute Gasteiger partial charge is 0 e. The molecule has 0 aliphatic rings. The first-order valence-electron chi connectivity index (χ1n) is 8.29. The second-order valence-corrected chi connectivity index (χ2v) is 4.02. The van der Waals surface area contributed by atoms with Crippen LogP contribution in [0.2, 0.25) is 0 Å². The normalized spacial score (nSPS) is 3.82. The van der Waals surface area contributed by atoms with Crippen LogP contribution in [-0.2, 0) is 0 Å². The average molecular weight is 409 g/mol. The Kier molecular flexibility index (Phi) is 19.9. The maximum Gasteiger partial charge on any atom is 0 e. The van der Waals surface area contributed by atoms with E-state index in [1.54, 1.807) is 0 Å². The average Bonchev–Trinajstić information content (AvgIpc) is 2.85. The summed E-state index contributed by atoms with van der Waals surface area (Å²) in [7, 11) is 0. The van der Waals surface area contributed by atoms with Gasteiger partial charge in [0.25, 0.3) is 0 Å². The van der Waals surface area contributed by atoms with Gasteiger partial charge in [-0.25, -0.2) is 5.92 Å². The highest BCUT2D eigenvalue weighted by molar-refractivity contribution is 5.49. The molecule has 0 atom stereocenters. The molecule has 0 rings (SSSR count). The van der Waals surface area contributed by atoms with E-state index in [0.29, 0.717) is 0 Å². The summed E-state index contributed by atoms with van der Waals surface area (Å²) in [6, 6.07) is 0. The molecule has 0 heterocycles. The van der Waals surface area contributed by atoms with Crippen molar-refractivity contribution < 1.29 is 0 Å². The van der Waals surface area contributed by atoms with Crippen LogP contribution in [0.3, 0.4) is 0 Å². The molecule has 0 aromatic heterocycles. The standard InChI is InChI=1S/C34H/c1-3-5-7-9-11-13-15-17-19-21-23-25-27-29-31-33-34-32-30-28-26-24-22-20-18-16-14-12-10-8-6-4-2/h1H/q-1. The molecular weight excluding hydrogens is 408 g/mol. The zero-order chi connectivity index (χ0) is 24.6. The van der Waals surface area contributed by atoms with Gasteiger partial charge in [0.2, 0.25) is 0 Å². The van der Waals surface area contributed by atoms with Crippen molar-refractivity contribution in [1.82, 2.24) is 0 Å². The monoisotopic (exact) mass is 409 g/mol.